The van der Waals surface area contributed by atoms with E-state index in [4.69, 9.17) is 9.47 Å². The molecule has 0 unspecified atom stereocenters. The van der Waals surface area contributed by atoms with Crippen LogP contribution in [-0.4, -0.2) is 69.1 Å². The zero-order chi connectivity index (χ0) is 28.4. The van der Waals surface area contributed by atoms with Crippen LogP contribution in [0.2, 0.25) is 0 Å². The van der Waals surface area contributed by atoms with Gasteiger partial charge in [0.25, 0.3) is 0 Å². The van der Waals surface area contributed by atoms with Crippen LogP contribution in [0.1, 0.15) is 41.3 Å². The van der Waals surface area contributed by atoms with Crippen LogP contribution in [-0.2, 0) is 25.3 Å². The van der Waals surface area contributed by atoms with Crippen molar-refractivity contribution in [3.05, 3.63) is 65.7 Å². The van der Waals surface area contributed by atoms with Crippen LogP contribution in [0.3, 0.4) is 0 Å². The number of ether oxygens (including phenoxy) is 2. The largest absolute Gasteiger partial charge is 0.474 e. The molecule has 3 rings (SSSR count). The molecule has 1 amide bonds. The molecule has 12 heteroatoms. The molecule has 2 aromatic rings. The van der Waals surface area contributed by atoms with Gasteiger partial charge in [-0.05, 0) is 31.4 Å². The maximum atomic E-state index is 13.4. The van der Waals surface area contributed by atoms with Crippen molar-refractivity contribution in [1.29, 1.82) is 5.26 Å². The molecular weight excluding hydrogens is 527 g/mol. The predicted octanol–water partition coefficient (Wildman–Crippen LogP) is 3.24. The fourth-order valence-corrected chi connectivity index (χ4v) is 5.80. The van der Waals surface area contributed by atoms with Gasteiger partial charge in [-0.25, -0.2) is 21.9 Å². The van der Waals surface area contributed by atoms with E-state index in [-0.39, 0.29) is 48.3 Å². The van der Waals surface area contributed by atoms with E-state index in [0.717, 1.165) is 4.31 Å². The molecule has 0 radical (unpaired) electrons. The molecule has 1 aromatic carbocycles. The van der Waals surface area contributed by atoms with Crippen molar-refractivity contribution in [3.8, 4) is 11.9 Å². The molecule has 39 heavy (non-hydrogen) atoms. The van der Waals surface area contributed by atoms with Crippen molar-refractivity contribution < 1.29 is 31.9 Å². The zero-order valence-electron chi connectivity index (χ0n) is 21.7. The average Bonchev–Trinajstić information content (AvgIpc) is 2.94. The number of esters is 1. The minimum absolute atomic E-state index is 0.0839. The summed E-state index contributed by atoms with van der Waals surface area (Å²) in [5.41, 5.74) is 0.579. The van der Waals surface area contributed by atoms with Gasteiger partial charge in [-0.1, -0.05) is 36.4 Å². The van der Waals surface area contributed by atoms with Gasteiger partial charge in [0.15, 0.2) is 5.82 Å². The topological polar surface area (TPSA) is 130 Å². The lowest BCUT2D eigenvalue weighted by atomic mass is 9.95. The molecule has 0 atom stereocenters. The third kappa shape index (κ3) is 7.32. The van der Waals surface area contributed by atoms with Crippen molar-refractivity contribution in [2.75, 3.05) is 44.4 Å². The number of benzene rings is 1. The Labute approximate surface area is 227 Å². The van der Waals surface area contributed by atoms with E-state index in [1.165, 1.54) is 12.1 Å². The lowest BCUT2D eigenvalue weighted by molar-refractivity contribution is -0.130. The van der Waals surface area contributed by atoms with Gasteiger partial charge in [-0.2, -0.15) is 10.2 Å². The standard InChI is InChI=1S/C27H31FN4O6S/c1-3-13-32(39(35,36)19-20-8-6-5-7-9-20)26(33)21-10-14-31(15-11-21)24-22(18-29)17-23(27(34)37-4-2)25(30-24)38-16-12-28/h3,5-9,17,21H,1,4,10-16,19H2,2H3. The summed E-state index contributed by atoms with van der Waals surface area (Å²) >= 11 is 0. The molecule has 0 spiro atoms. The Morgan fingerprint density at radius 3 is 2.56 bits per heavy atom. The summed E-state index contributed by atoms with van der Waals surface area (Å²) in [5.74, 6) is -2.06. The average molecular weight is 559 g/mol. The first-order valence-corrected chi connectivity index (χ1v) is 14.1. The van der Waals surface area contributed by atoms with E-state index in [1.54, 1.807) is 42.2 Å². The summed E-state index contributed by atoms with van der Waals surface area (Å²) < 4.78 is 50.2. The first kappa shape index (κ1) is 29.6. The highest BCUT2D eigenvalue weighted by Gasteiger charge is 2.35. The summed E-state index contributed by atoms with van der Waals surface area (Å²) in [7, 11) is -3.94. The Balaban J connectivity index is 1.79. The molecule has 1 aromatic heterocycles. The SMILES string of the molecule is C=CCN(C(=O)C1CCN(c2nc(OCCF)c(C(=O)OCC)cc2C#N)CC1)S(=O)(=O)Cc1ccccc1. The minimum atomic E-state index is -3.94. The molecule has 1 aliphatic heterocycles. The third-order valence-electron chi connectivity index (χ3n) is 6.11. The predicted molar refractivity (Wildman–Crippen MR) is 142 cm³/mol. The van der Waals surface area contributed by atoms with Gasteiger partial charge in [-0.15, -0.1) is 6.58 Å². The highest BCUT2D eigenvalue weighted by molar-refractivity contribution is 7.88. The van der Waals surface area contributed by atoms with E-state index < -0.39 is 34.5 Å². The number of carbonyl (C=O) groups excluding carboxylic acids is 2. The first-order chi connectivity index (χ1) is 18.7. The van der Waals surface area contributed by atoms with Gasteiger partial charge in [-0.3, -0.25) is 4.79 Å². The number of carbonyl (C=O) groups is 2. The number of hydrogen-bond donors (Lipinski definition) is 0. The second kappa shape index (κ2) is 13.7. The molecule has 2 heterocycles. The Hall–Kier alpha value is -3.98. The number of pyridine rings is 1. The Kier molecular flexibility index (Phi) is 10.4. The summed E-state index contributed by atoms with van der Waals surface area (Å²) in [6.45, 7) is 4.63. The number of halogens is 1. The van der Waals surface area contributed by atoms with Crippen molar-refractivity contribution in [2.45, 2.75) is 25.5 Å². The maximum Gasteiger partial charge on any atom is 0.343 e. The highest BCUT2D eigenvalue weighted by Crippen LogP contribution is 2.31. The monoisotopic (exact) mass is 558 g/mol. The number of anilines is 1. The van der Waals surface area contributed by atoms with Crippen LogP contribution in [0.15, 0.2) is 49.1 Å². The number of rotatable bonds is 12. The molecule has 0 aliphatic carbocycles. The van der Waals surface area contributed by atoms with Gasteiger partial charge in [0.05, 0.1) is 24.5 Å². The van der Waals surface area contributed by atoms with Crippen LogP contribution < -0.4 is 9.64 Å². The fraction of sp³-hybridized carbons (Fsp3) is 0.407. The number of hydrogen-bond acceptors (Lipinski definition) is 9. The Morgan fingerprint density at radius 1 is 1.28 bits per heavy atom. The van der Waals surface area contributed by atoms with Gasteiger partial charge in [0, 0.05) is 19.0 Å². The van der Waals surface area contributed by atoms with Crippen molar-refractivity contribution in [3.63, 3.8) is 0 Å². The fourth-order valence-electron chi connectivity index (χ4n) is 4.27. The van der Waals surface area contributed by atoms with E-state index in [0.29, 0.717) is 31.5 Å². The van der Waals surface area contributed by atoms with E-state index in [1.807, 2.05) is 6.07 Å². The maximum absolute atomic E-state index is 13.4. The number of aromatic nitrogens is 1. The van der Waals surface area contributed by atoms with Crippen LogP contribution in [0.25, 0.3) is 0 Å². The Morgan fingerprint density at radius 2 is 1.97 bits per heavy atom. The van der Waals surface area contributed by atoms with E-state index >= 15 is 0 Å². The lowest BCUT2D eigenvalue weighted by Crippen LogP contribution is -2.45. The summed E-state index contributed by atoms with van der Waals surface area (Å²) in [5, 5.41) is 9.73. The van der Waals surface area contributed by atoms with E-state index in [2.05, 4.69) is 11.6 Å². The molecule has 1 fully saturated rings. The smallest absolute Gasteiger partial charge is 0.343 e. The zero-order valence-corrected chi connectivity index (χ0v) is 22.5. The van der Waals surface area contributed by atoms with Crippen LogP contribution in [0.4, 0.5) is 10.2 Å². The molecule has 0 N–H and O–H groups in total. The number of amides is 1. The second-order valence-electron chi connectivity index (χ2n) is 8.74. The normalized spacial score (nSPS) is 13.8. The summed E-state index contributed by atoms with van der Waals surface area (Å²) in [4.78, 5) is 31.8. The van der Waals surface area contributed by atoms with Crippen molar-refractivity contribution in [1.82, 2.24) is 9.29 Å². The van der Waals surface area contributed by atoms with Gasteiger partial charge < -0.3 is 14.4 Å². The van der Waals surface area contributed by atoms with Crippen molar-refractivity contribution >= 4 is 27.7 Å². The van der Waals surface area contributed by atoms with Crippen LogP contribution in [0.5, 0.6) is 5.88 Å². The quantitative estimate of drug-likeness (QED) is 0.285. The molecule has 208 valence electrons. The third-order valence-corrected chi connectivity index (χ3v) is 7.81. The van der Waals surface area contributed by atoms with Gasteiger partial charge in [0.2, 0.25) is 21.8 Å². The summed E-state index contributed by atoms with van der Waals surface area (Å²) in [6, 6.07) is 11.9. The van der Waals surface area contributed by atoms with Crippen LogP contribution in [0, 0.1) is 17.2 Å². The number of nitriles is 1. The van der Waals surface area contributed by atoms with E-state index in [9.17, 15) is 27.7 Å². The molecule has 0 bridgehead atoms. The number of piperidine rings is 1. The van der Waals surface area contributed by atoms with Crippen molar-refractivity contribution in [2.24, 2.45) is 5.92 Å². The molecule has 1 aliphatic rings. The summed E-state index contributed by atoms with van der Waals surface area (Å²) in [6.07, 6.45) is 1.99. The lowest BCUT2D eigenvalue weighted by Gasteiger charge is -2.34. The molecule has 1 saturated heterocycles. The second-order valence-corrected chi connectivity index (χ2v) is 10.6. The number of sulfonamides is 1. The highest BCUT2D eigenvalue weighted by atomic mass is 32.2. The van der Waals surface area contributed by atoms with Gasteiger partial charge in [0.1, 0.15) is 24.9 Å². The number of nitrogens with zero attached hydrogens (tertiary/aromatic N) is 4. The minimum Gasteiger partial charge on any atom is -0.474 e. The first-order valence-electron chi connectivity index (χ1n) is 12.5. The Bertz CT molecular complexity index is 1320. The molecule has 10 nitrogen and oxygen atoms in total. The van der Waals surface area contributed by atoms with Crippen LogP contribution >= 0.6 is 0 Å². The molecule has 0 saturated carbocycles. The molecular formula is C27H31FN4O6S. The number of alkyl halides is 1. The van der Waals surface area contributed by atoms with Gasteiger partial charge >= 0.3 is 5.97 Å².